The molecule has 0 aliphatic heterocycles. The molecule has 0 N–H and O–H groups in total. The quantitative estimate of drug-likeness (QED) is 0.489. The average molecular weight is 312 g/mol. The Morgan fingerprint density at radius 1 is 0.792 bits per heavy atom. The zero-order valence-corrected chi connectivity index (χ0v) is 12.6. The van der Waals surface area contributed by atoms with Gasteiger partial charge in [0.25, 0.3) is 0 Å². The van der Waals surface area contributed by atoms with E-state index in [1.165, 1.54) is 6.39 Å². The predicted octanol–water partition coefficient (Wildman–Crippen LogP) is 4.23. The first-order valence-corrected chi connectivity index (χ1v) is 7.62. The van der Waals surface area contributed by atoms with Gasteiger partial charge >= 0.3 is 0 Å². The number of para-hydroxylation sites is 2. The fourth-order valence-corrected chi connectivity index (χ4v) is 3.04. The lowest BCUT2D eigenvalue weighted by molar-refractivity contribution is 0.603. The third kappa shape index (κ3) is 1.85. The maximum atomic E-state index is 5.54. The van der Waals surface area contributed by atoms with Gasteiger partial charge in [-0.15, -0.1) is 0 Å². The molecule has 0 unspecified atom stereocenters. The maximum Gasteiger partial charge on any atom is 0.199 e. The van der Waals surface area contributed by atoms with Crippen LogP contribution in [0.4, 0.5) is 0 Å². The summed E-state index contributed by atoms with van der Waals surface area (Å²) in [6, 6.07) is 18.2. The van der Waals surface area contributed by atoms with Crippen molar-refractivity contribution in [3.8, 4) is 16.8 Å². The van der Waals surface area contributed by atoms with E-state index >= 15 is 0 Å². The van der Waals surface area contributed by atoms with E-state index in [2.05, 4.69) is 37.7 Å². The van der Waals surface area contributed by atoms with E-state index < -0.39 is 0 Å². The van der Waals surface area contributed by atoms with Crippen LogP contribution in [0.3, 0.4) is 0 Å². The van der Waals surface area contributed by atoms with Gasteiger partial charge in [-0.3, -0.25) is 4.57 Å². The van der Waals surface area contributed by atoms with Gasteiger partial charge in [-0.2, -0.15) is 4.98 Å². The second-order valence-corrected chi connectivity index (χ2v) is 5.49. The van der Waals surface area contributed by atoms with Crippen LogP contribution in [-0.2, 0) is 0 Å². The first kappa shape index (κ1) is 13.0. The van der Waals surface area contributed by atoms with E-state index in [0.717, 1.165) is 27.8 Å². The van der Waals surface area contributed by atoms with Crippen LogP contribution < -0.4 is 0 Å². The summed E-state index contributed by atoms with van der Waals surface area (Å²) in [5, 5.41) is 0. The molecular formula is C19H12N4O. The molecule has 0 aliphatic rings. The molecule has 24 heavy (non-hydrogen) atoms. The molecule has 2 aromatic carbocycles. The molecule has 5 heteroatoms. The Hall–Kier alpha value is -3.47. The third-order valence-corrected chi connectivity index (χ3v) is 4.13. The molecule has 0 atom stereocenters. The first-order chi connectivity index (χ1) is 11.9. The van der Waals surface area contributed by atoms with E-state index in [-0.39, 0.29) is 0 Å². The van der Waals surface area contributed by atoms with E-state index in [1.807, 2.05) is 42.7 Å². The van der Waals surface area contributed by atoms with Crippen LogP contribution in [0.2, 0.25) is 0 Å². The lowest BCUT2D eigenvalue weighted by Gasteiger charge is -2.06. The number of rotatable bonds is 2. The number of aromatic nitrogens is 4. The van der Waals surface area contributed by atoms with Crippen LogP contribution in [0.1, 0.15) is 0 Å². The van der Waals surface area contributed by atoms with Crippen molar-refractivity contribution < 1.29 is 4.42 Å². The smallest absolute Gasteiger partial charge is 0.199 e. The molecule has 0 aliphatic carbocycles. The van der Waals surface area contributed by atoms with E-state index in [1.54, 1.807) is 6.20 Å². The lowest BCUT2D eigenvalue weighted by atomic mass is 10.0. The number of hydrogen-bond donors (Lipinski definition) is 0. The molecule has 0 fully saturated rings. The van der Waals surface area contributed by atoms with Gasteiger partial charge in [0.05, 0.1) is 11.0 Å². The maximum absolute atomic E-state index is 5.54. The SMILES string of the molecule is c1ccc(-n2cnc3c(-c4ccnc5ncoc45)cccc32)cc1. The van der Waals surface area contributed by atoms with Gasteiger partial charge < -0.3 is 4.42 Å². The molecular weight excluding hydrogens is 300 g/mol. The Bertz CT molecular complexity index is 1160. The summed E-state index contributed by atoms with van der Waals surface area (Å²) in [4.78, 5) is 13.0. The van der Waals surface area contributed by atoms with E-state index in [0.29, 0.717) is 11.2 Å². The molecule has 0 saturated carbocycles. The molecule has 5 nitrogen and oxygen atoms in total. The standard InChI is InChI=1S/C19H12N4O/c1-2-5-13(6-3-1)23-11-21-17-14(7-4-8-16(17)23)15-9-10-20-19-18(15)24-12-22-19/h1-12H. The largest absolute Gasteiger partial charge is 0.441 e. The highest BCUT2D eigenvalue weighted by molar-refractivity contribution is 5.99. The minimum absolute atomic E-state index is 0.604. The molecule has 0 saturated heterocycles. The second-order valence-electron chi connectivity index (χ2n) is 5.49. The number of imidazole rings is 1. The first-order valence-electron chi connectivity index (χ1n) is 7.62. The Morgan fingerprint density at radius 2 is 1.71 bits per heavy atom. The van der Waals surface area contributed by atoms with E-state index in [9.17, 15) is 0 Å². The molecule has 5 rings (SSSR count). The molecule has 3 heterocycles. The monoisotopic (exact) mass is 312 g/mol. The highest BCUT2D eigenvalue weighted by Crippen LogP contribution is 2.32. The fourth-order valence-electron chi connectivity index (χ4n) is 3.04. The van der Waals surface area contributed by atoms with Gasteiger partial charge in [0, 0.05) is 23.0 Å². The predicted molar refractivity (Wildman–Crippen MR) is 91.9 cm³/mol. The van der Waals surface area contributed by atoms with Crippen molar-refractivity contribution in [1.29, 1.82) is 0 Å². The highest BCUT2D eigenvalue weighted by atomic mass is 16.3. The molecule has 0 spiro atoms. The Morgan fingerprint density at radius 3 is 2.62 bits per heavy atom. The second kappa shape index (κ2) is 5.03. The number of benzene rings is 2. The minimum atomic E-state index is 0.604. The van der Waals surface area contributed by atoms with Crippen molar-refractivity contribution >= 4 is 22.3 Å². The molecule has 0 radical (unpaired) electrons. The van der Waals surface area contributed by atoms with Crippen LogP contribution in [0, 0.1) is 0 Å². The fraction of sp³-hybridized carbons (Fsp3) is 0. The Balaban J connectivity index is 1.79. The van der Waals surface area contributed by atoms with Crippen molar-refractivity contribution in [3.63, 3.8) is 0 Å². The zero-order chi connectivity index (χ0) is 15.9. The topological polar surface area (TPSA) is 56.7 Å². The average Bonchev–Trinajstić information content (AvgIpc) is 3.29. The van der Waals surface area contributed by atoms with Crippen molar-refractivity contribution in [3.05, 3.63) is 73.5 Å². The molecule has 114 valence electrons. The zero-order valence-electron chi connectivity index (χ0n) is 12.6. The van der Waals surface area contributed by atoms with Crippen molar-refractivity contribution in [2.75, 3.05) is 0 Å². The number of nitrogens with zero attached hydrogens (tertiary/aromatic N) is 4. The van der Waals surface area contributed by atoms with Gasteiger partial charge in [-0.25, -0.2) is 9.97 Å². The summed E-state index contributed by atoms with van der Waals surface area (Å²) in [5.74, 6) is 0. The van der Waals surface area contributed by atoms with Crippen LogP contribution in [0.5, 0.6) is 0 Å². The Kier molecular flexibility index (Phi) is 2.72. The number of pyridine rings is 1. The summed E-state index contributed by atoms with van der Waals surface area (Å²) in [6.07, 6.45) is 5.01. The summed E-state index contributed by atoms with van der Waals surface area (Å²) >= 11 is 0. The van der Waals surface area contributed by atoms with Crippen molar-refractivity contribution in [2.24, 2.45) is 0 Å². The Labute approximate surface area is 137 Å². The van der Waals surface area contributed by atoms with Gasteiger partial charge in [-0.1, -0.05) is 30.3 Å². The number of oxazole rings is 1. The summed E-state index contributed by atoms with van der Waals surface area (Å²) in [5.41, 5.74) is 6.28. The van der Waals surface area contributed by atoms with Crippen LogP contribution in [0.15, 0.2) is 77.9 Å². The van der Waals surface area contributed by atoms with Gasteiger partial charge in [0.15, 0.2) is 17.6 Å². The molecule has 3 aromatic heterocycles. The van der Waals surface area contributed by atoms with Gasteiger partial charge in [0.2, 0.25) is 0 Å². The molecule has 0 amide bonds. The summed E-state index contributed by atoms with van der Waals surface area (Å²) in [6.45, 7) is 0. The molecule has 0 bridgehead atoms. The minimum Gasteiger partial charge on any atom is -0.441 e. The van der Waals surface area contributed by atoms with Crippen molar-refractivity contribution in [2.45, 2.75) is 0 Å². The van der Waals surface area contributed by atoms with Gasteiger partial charge in [0.1, 0.15) is 6.33 Å². The molecule has 5 aromatic rings. The van der Waals surface area contributed by atoms with Crippen molar-refractivity contribution in [1.82, 2.24) is 19.5 Å². The third-order valence-electron chi connectivity index (χ3n) is 4.13. The van der Waals surface area contributed by atoms with Crippen LogP contribution in [-0.4, -0.2) is 19.5 Å². The van der Waals surface area contributed by atoms with Gasteiger partial charge in [-0.05, 0) is 24.3 Å². The van der Waals surface area contributed by atoms with Crippen LogP contribution >= 0.6 is 0 Å². The summed E-state index contributed by atoms with van der Waals surface area (Å²) in [7, 11) is 0. The van der Waals surface area contributed by atoms with E-state index in [4.69, 9.17) is 4.42 Å². The number of hydrogen-bond acceptors (Lipinski definition) is 4. The van der Waals surface area contributed by atoms with Crippen LogP contribution in [0.25, 0.3) is 39.1 Å². The number of fused-ring (bicyclic) bond motifs is 2. The normalized spacial score (nSPS) is 11.3. The highest BCUT2D eigenvalue weighted by Gasteiger charge is 2.14. The summed E-state index contributed by atoms with van der Waals surface area (Å²) < 4.78 is 7.62. The lowest BCUT2D eigenvalue weighted by Crippen LogP contribution is -1.91.